The Labute approximate surface area is 170 Å². The van der Waals surface area contributed by atoms with Crippen molar-refractivity contribution >= 4 is 51.2 Å². The van der Waals surface area contributed by atoms with Crippen LogP contribution in [0.3, 0.4) is 0 Å². The van der Waals surface area contributed by atoms with Gasteiger partial charge in [-0.25, -0.2) is 4.79 Å². The van der Waals surface area contributed by atoms with Crippen molar-refractivity contribution in [1.29, 1.82) is 0 Å². The minimum atomic E-state index is -0.412. The van der Waals surface area contributed by atoms with Gasteiger partial charge in [-0.2, -0.15) is 0 Å². The highest BCUT2D eigenvalue weighted by molar-refractivity contribution is 9.10. The molecule has 0 saturated carbocycles. The van der Waals surface area contributed by atoms with Gasteiger partial charge in [0.05, 0.1) is 16.9 Å². The predicted molar refractivity (Wildman–Crippen MR) is 111 cm³/mol. The first-order valence-electron chi connectivity index (χ1n) is 8.46. The number of rotatable bonds is 5. The van der Waals surface area contributed by atoms with Gasteiger partial charge in [-0.3, -0.25) is 4.79 Å². The van der Waals surface area contributed by atoms with Gasteiger partial charge in [-0.05, 0) is 49.5 Å². The fourth-order valence-electron chi connectivity index (χ4n) is 2.92. The Morgan fingerprint density at radius 1 is 1.31 bits per heavy atom. The van der Waals surface area contributed by atoms with Gasteiger partial charge >= 0.3 is 5.97 Å². The molecule has 0 unspecified atom stereocenters. The Morgan fingerprint density at radius 3 is 2.69 bits per heavy atom. The number of aromatic amines is 1. The first-order chi connectivity index (χ1) is 12.5. The van der Waals surface area contributed by atoms with E-state index < -0.39 is 5.97 Å². The third kappa shape index (κ3) is 4.05. The van der Waals surface area contributed by atoms with Gasteiger partial charge in [0.2, 0.25) is 0 Å². The molecule has 3 rings (SSSR count). The van der Waals surface area contributed by atoms with E-state index in [4.69, 9.17) is 4.74 Å². The monoisotopic (exact) mass is 453 g/mol. The molecule has 0 radical (unpaired) electrons. The summed E-state index contributed by atoms with van der Waals surface area (Å²) in [5.41, 5.74) is 3.06. The fraction of sp³-hybridized carbons (Fsp3) is 0.368. The van der Waals surface area contributed by atoms with E-state index >= 15 is 0 Å². The van der Waals surface area contributed by atoms with Gasteiger partial charge in [-0.15, -0.1) is 23.5 Å². The maximum Gasteiger partial charge on any atom is 0.355 e. The van der Waals surface area contributed by atoms with Gasteiger partial charge in [-0.1, -0.05) is 28.1 Å². The van der Waals surface area contributed by atoms with E-state index in [-0.39, 0.29) is 10.4 Å². The lowest BCUT2D eigenvalue weighted by atomic mass is 9.99. The Bertz CT molecular complexity index is 828. The van der Waals surface area contributed by atoms with Crippen LogP contribution < -0.4 is 0 Å². The van der Waals surface area contributed by atoms with Crippen LogP contribution in [0.25, 0.3) is 0 Å². The quantitative estimate of drug-likeness (QED) is 0.487. The molecule has 1 aliphatic heterocycles. The number of aromatic nitrogens is 1. The van der Waals surface area contributed by atoms with E-state index in [0.717, 1.165) is 28.1 Å². The zero-order valence-corrected chi connectivity index (χ0v) is 17.9. The number of hydrogen-bond acceptors (Lipinski definition) is 5. The van der Waals surface area contributed by atoms with Crippen molar-refractivity contribution in [3.63, 3.8) is 0 Å². The number of ether oxygens (including phenoxy) is 1. The Hall–Kier alpha value is -1.18. The van der Waals surface area contributed by atoms with E-state index in [1.165, 1.54) is 0 Å². The van der Waals surface area contributed by atoms with E-state index in [9.17, 15) is 9.59 Å². The molecule has 138 valence electrons. The lowest BCUT2D eigenvalue weighted by molar-refractivity contribution is 0.0519. The first-order valence-corrected chi connectivity index (χ1v) is 11.3. The molecule has 1 N–H and O–H groups in total. The van der Waals surface area contributed by atoms with Crippen molar-refractivity contribution in [2.45, 2.75) is 24.9 Å². The molecular weight excluding hydrogens is 434 g/mol. The molecule has 26 heavy (non-hydrogen) atoms. The summed E-state index contributed by atoms with van der Waals surface area (Å²) in [4.78, 5) is 28.8. The van der Waals surface area contributed by atoms with Crippen molar-refractivity contribution in [1.82, 2.24) is 4.98 Å². The number of halogens is 1. The van der Waals surface area contributed by atoms with Crippen LogP contribution in [0.5, 0.6) is 0 Å². The van der Waals surface area contributed by atoms with Gasteiger partial charge < -0.3 is 9.72 Å². The Morgan fingerprint density at radius 2 is 2.04 bits per heavy atom. The molecule has 2 heterocycles. The van der Waals surface area contributed by atoms with E-state index in [2.05, 4.69) is 20.9 Å². The molecule has 1 aromatic heterocycles. The van der Waals surface area contributed by atoms with E-state index in [0.29, 0.717) is 29.0 Å². The van der Waals surface area contributed by atoms with Crippen LogP contribution >= 0.6 is 39.5 Å². The van der Waals surface area contributed by atoms with Crippen LogP contribution in [0.2, 0.25) is 0 Å². The average molecular weight is 454 g/mol. The second kappa shape index (κ2) is 8.67. The summed E-state index contributed by atoms with van der Waals surface area (Å²) in [5, 5.41) is 0. The van der Waals surface area contributed by atoms with Crippen LogP contribution in [-0.4, -0.2) is 34.8 Å². The normalized spacial score (nSPS) is 15.0. The molecular formula is C19H20BrNO3S2. The van der Waals surface area contributed by atoms with Gasteiger partial charge in [0.25, 0.3) is 0 Å². The van der Waals surface area contributed by atoms with Crippen molar-refractivity contribution in [2.75, 3.05) is 18.1 Å². The van der Waals surface area contributed by atoms with Gasteiger partial charge in [0, 0.05) is 15.6 Å². The molecule has 1 aliphatic rings. The minimum absolute atomic E-state index is 0.0719. The maximum absolute atomic E-state index is 13.3. The second-order valence-electron chi connectivity index (χ2n) is 5.90. The summed E-state index contributed by atoms with van der Waals surface area (Å²) in [5.74, 6) is 1.62. The van der Waals surface area contributed by atoms with Crippen molar-refractivity contribution in [3.05, 3.63) is 56.8 Å². The number of esters is 1. The standard InChI is InChI=1S/C19H20BrNO3S2/c1-3-24-18(23)15-11(2)14(16(21-15)19-25-8-5-9-26-19)17(22)12-6-4-7-13(20)10-12/h4,6-7,10,19,21H,3,5,8-9H2,1-2H3. The summed E-state index contributed by atoms with van der Waals surface area (Å²) in [6.07, 6.45) is 1.16. The molecule has 2 aromatic rings. The smallest absolute Gasteiger partial charge is 0.355 e. The third-order valence-electron chi connectivity index (χ3n) is 4.14. The molecule has 0 aliphatic carbocycles. The zero-order valence-electron chi connectivity index (χ0n) is 14.6. The zero-order chi connectivity index (χ0) is 18.7. The molecule has 1 saturated heterocycles. The maximum atomic E-state index is 13.3. The SMILES string of the molecule is CCOC(=O)c1[nH]c(C2SCCCS2)c(C(=O)c2cccc(Br)c2)c1C. The number of thioether (sulfide) groups is 2. The highest BCUT2D eigenvalue weighted by Gasteiger charge is 2.30. The van der Waals surface area contributed by atoms with Crippen LogP contribution in [0, 0.1) is 6.92 Å². The number of nitrogens with one attached hydrogen (secondary N) is 1. The third-order valence-corrected chi connectivity index (χ3v) is 7.57. The number of carbonyl (C=O) groups excluding carboxylic acids is 2. The van der Waals surface area contributed by atoms with Crippen LogP contribution in [0.4, 0.5) is 0 Å². The number of ketones is 1. The molecule has 1 fully saturated rings. The highest BCUT2D eigenvalue weighted by atomic mass is 79.9. The van der Waals surface area contributed by atoms with E-state index in [1.54, 1.807) is 13.0 Å². The molecule has 0 spiro atoms. The van der Waals surface area contributed by atoms with Crippen LogP contribution in [0.1, 0.15) is 55.6 Å². The summed E-state index contributed by atoms with van der Waals surface area (Å²) in [6, 6.07) is 7.34. The number of hydrogen-bond donors (Lipinski definition) is 1. The molecule has 1 aromatic carbocycles. The first kappa shape index (κ1) is 19.6. The Balaban J connectivity index is 2.08. The van der Waals surface area contributed by atoms with E-state index in [1.807, 2.05) is 48.6 Å². The van der Waals surface area contributed by atoms with Gasteiger partial charge in [0.15, 0.2) is 5.78 Å². The molecule has 0 amide bonds. The minimum Gasteiger partial charge on any atom is -0.461 e. The predicted octanol–water partition coefficient (Wildman–Crippen LogP) is 5.36. The molecule has 7 heteroatoms. The second-order valence-corrected chi connectivity index (χ2v) is 9.54. The lowest BCUT2D eigenvalue weighted by Crippen LogP contribution is -2.09. The van der Waals surface area contributed by atoms with Gasteiger partial charge in [0.1, 0.15) is 5.69 Å². The van der Waals surface area contributed by atoms with Crippen molar-refractivity contribution < 1.29 is 14.3 Å². The largest absolute Gasteiger partial charge is 0.461 e. The van der Waals surface area contributed by atoms with Crippen LogP contribution in [0.15, 0.2) is 28.7 Å². The summed E-state index contributed by atoms with van der Waals surface area (Å²) in [6.45, 7) is 3.89. The van der Waals surface area contributed by atoms with Crippen molar-refractivity contribution in [2.24, 2.45) is 0 Å². The lowest BCUT2D eigenvalue weighted by Gasteiger charge is -2.21. The number of benzene rings is 1. The topological polar surface area (TPSA) is 59.2 Å². The highest BCUT2D eigenvalue weighted by Crippen LogP contribution is 2.45. The fourth-order valence-corrected chi connectivity index (χ4v) is 6.20. The number of carbonyl (C=O) groups is 2. The molecule has 0 bridgehead atoms. The average Bonchev–Trinajstić information content (AvgIpc) is 2.99. The summed E-state index contributed by atoms with van der Waals surface area (Å²) < 4.78 is 6.14. The molecule has 0 atom stereocenters. The molecule has 4 nitrogen and oxygen atoms in total. The van der Waals surface area contributed by atoms with Crippen LogP contribution in [-0.2, 0) is 4.74 Å². The number of H-pyrrole nitrogens is 1. The Kier molecular flexibility index (Phi) is 6.53. The summed E-state index contributed by atoms with van der Waals surface area (Å²) in [7, 11) is 0. The van der Waals surface area contributed by atoms with Crippen molar-refractivity contribution in [3.8, 4) is 0 Å². The summed E-state index contributed by atoms with van der Waals surface area (Å²) >= 11 is 7.05.